The van der Waals surface area contributed by atoms with Crippen LogP contribution in [-0.4, -0.2) is 25.7 Å². The average molecular weight is 234 g/mol. The monoisotopic (exact) mass is 234 g/mol. The van der Waals surface area contributed by atoms with E-state index in [1.54, 1.807) is 0 Å². The van der Waals surface area contributed by atoms with Crippen molar-refractivity contribution in [3.8, 4) is 0 Å². The van der Waals surface area contributed by atoms with Crippen LogP contribution in [0.2, 0.25) is 0 Å². The minimum Gasteiger partial charge on any atom is -0.372 e. The second kappa shape index (κ2) is 7.33. The predicted molar refractivity (Wildman–Crippen MR) is 76.8 cm³/mol. The van der Waals surface area contributed by atoms with Crippen molar-refractivity contribution in [2.75, 3.05) is 24.5 Å². The standard InChI is InChI=1S/C15H26N2/c1-5-16-14(4)10-11-17(6-2)15-9-7-8-13(3)12-15/h7-9,12,14,16H,5-6,10-11H2,1-4H3. The summed E-state index contributed by atoms with van der Waals surface area (Å²) >= 11 is 0. The van der Waals surface area contributed by atoms with Gasteiger partial charge >= 0.3 is 0 Å². The molecule has 1 aromatic carbocycles. The number of aryl methyl sites for hydroxylation is 1. The molecular formula is C15H26N2. The lowest BCUT2D eigenvalue weighted by atomic mass is 10.1. The molecule has 2 nitrogen and oxygen atoms in total. The van der Waals surface area contributed by atoms with Gasteiger partial charge in [0.25, 0.3) is 0 Å². The number of nitrogens with zero attached hydrogens (tertiary/aromatic N) is 1. The van der Waals surface area contributed by atoms with Gasteiger partial charge in [0.05, 0.1) is 0 Å². The van der Waals surface area contributed by atoms with Gasteiger partial charge in [-0.15, -0.1) is 0 Å². The van der Waals surface area contributed by atoms with E-state index >= 15 is 0 Å². The van der Waals surface area contributed by atoms with Crippen LogP contribution in [0.4, 0.5) is 5.69 Å². The number of benzene rings is 1. The van der Waals surface area contributed by atoms with E-state index in [0.717, 1.165) is 19.6 Å². The lowest BCUT2D eigenvalue weighted by Gasteiger charge is -2.25. The van der Waals surface area contributed by atoms with Crippen LogP contribution >= 0.6 is 0 Å². The van der Waals surface area contributed by atoms with Gasteiger partial charge in [-0.05, 0) is 51.4 Å². The largest absolute Gasteiger partial charge is 0.372 e. The molecule has 0 aliphatic heterocycles. The smallest absolute Gasteiger partial charge is 0.0368 e. The van der Waals surface area contributed by atoms with Crippen LogP contribution in [0.3, 0.4) is 0 Å². The van der Waals surface area contributed by atoms with E-state index in [0.29, 0.717) is 6.04 Å². The van der Waals surface area contributed by atoms with Crippen LogP contribution in [0.5, 0.6) is 0 Å². The summed E-state index contributed by atoms with van der Waals surface area (Å²) in [5.74, 6) is 0. The molecule has 0 saturated carbocycles. The van der Waals surface area contributed by atoms with Crippen LogP contribution in [-0.2, 0) is 0 Å². The number of rotatable bonds is 7. The van der Waals surface area contributed by atoms with E-state index in [2.05, 4.69) is 62.2 Å². The van der Waals surface area contributed by atoms with Crippen LogP contribution < -0.4 is 10.2 Å². The van der Waals surface area contributed by atoms with E-state index < -0.39 is 0 Å². The fourth-order valence-electron chi connectivity index (χ4n) is 2.09. The molecule has 1 aromatic rings. The molecule has 0 fully saturated rings. The first-order valence-electron chi connectivity index (χ1n) is 6.72. The Morgan fingerprint density at radius 3 is 2.65 bits per heavy atom. The molecule has 0 heterocycles. The Bertz CT molecular complexity index is 322. The summed E-state index contributed by atoms with van der Waals surface area (Å²) < 4.78 is 0. The van der Waals surface area contributed by atoms with Gasteiger partial charge in [-0.3, -0.25) is 0 Å². The van der Waals surface area contributed by atoms with Gasteiger partial charge in [0.1, 0.15) is 0 Å². The van der Waals surface area contributed by atoms with Crippen molar-refractivity contribution in [1.29, 1.82) is 0 Å². The highest BCUT2D eigenvalue weighted by Crippen LogP contribution is 2.16. The molecule has 0 aliphatic rings. The van der Waals surface area contributed by atoms with Crippen molar-refractivity contribution in [1.82, 2.24) is 5.32 Å². The Hall–Kier alpha value is -1.02. The molecule has 96 valence electrons. The molecule has 0 radical (unpaired) electrons. The molecule has 0 amide bonds. The highest BCUT2D eigenvalue weighted by Gasteiger charge is 2.06. The first-order valence-corrected chi connectivity index (χ1v) is 6.72. The van der Waals surface area contributed by atoms with Gasteiger partial charge in [-0.1, -0.05) is 19.1 Å². The Kier molecular flexibility index (Phi) is 6.06. The Balaban J connectivity index is 2.54. The summed E-state index contributed by atoms with van der Waals surface area (Å²) in [5, 5.41) is 3.46. The first-order chi connectivity index (χ1) is 8.17. The van der Waals surface area contributed by atoms with E-state index in [1.165, 1.54) is 17.7 Å². The van der Waals surface area contributed by atoms with Crippen molar-refractivity contribution in [2.24, 2.45) is 0 Å². The SMILES string of the molecule is CCNC(C)CCN(CC)c1cccc(C)c1. The maximum atomic E-state index is 3.46. The maximum Gasteiger partial charge on any atom is 0.0368 e. The average Bonchev–Trinajstić information content (AvgIpc) is 2.30. The van der Waals surface area contributed by atoms with Gasteiger partial charge in [0, 0.05) is 24.8 Å². The second-order valence-corrected chi connectivity index (χ2v) is 4.67. The normalized spacial score (nSPS) is 12.5. The Morgan fingerprint density at radius 1 is 1.29 bits per heavy atom. The maximum absolute atomic E-state index is 3.46. The molecule has 0 saturated heterocycles. The van der Waals surface area contributed by atoms with Crippen LogP contribution in [0.25, 0.3) is 0 Å². The van der Waals surface area contributed by atoms with Crippen LogP contribution in [0.1, 0.15) is 32.8 Å². The molecule has 1 atom stereocenters. The fourth-order valence-corrected chi connectivity index (χ4v) is 2.09. The molecule has 2 heteroatoms. The summed E-state index contributed by atoms with van der Waals surface area (Å²) in [5.41, 5.74) is 2.68. The van der Waals surface area contributed by atoms with Crippen molar-refractivity contribution in [3.05, 3.63) is 29.8 Å². The number of nitrogens with one attached hydrogen (secondary N) is 1. The van der Waals surface area contributed by atoms with E-state index in [1.807, 2.05) is 0 Å². The molecule has 1 N–H and O–H groups in total. The third-order valence-corrected chi connectivity index (χ3v) is 3.13. The molecule has 0 aliphatic carbocycles. The fraction of sp³-hybridized carbons (Fsp3) is 0.600. The summed E-state index contributed by atoms with van der Waals surface area (Å²) in [6, 6.07) is 9.36. The Labute approximate surface area is 106 Å². The zero-order chi connectivity index (χ0) is 12.7. The highest BCUT2D eigenvalue weighted by molar-refractivity contribution is 5.48. The van der Waals surface area contributed by atoms with E-state index in [9.17, 15) is 0 Å². The van der Waals surface area contributed by atoms with Gasteiger partial charge in [0.15, 0.2) is 0 Å². The molecular weight excluding hydrogens is 208 g/mol. The van der Waals surface area contributed by atoms with Crippen LogP contribution in [0.15, 0.2) is 24.3 Å². The van der Waals surface area contributed by atoms with Gasteiger partial charge < -0.3 is 10.2 Å². The summed E-state index contributed by atoms with van der Waals surface area (Å²) in [4.78, 5) is 2.45. The van der Waals surface area contributed by atoms with Gasteiger partial charge in [0.2, 0.25) is 0 Å². The number of hydrogen-bond donors (Lipinski definition) is 1. The van der Waals surface area contributed by atoms with Crippen molar-refractivity contribution < 1.29 is 0 Å². The van der Waals surface area contributed by atoms with Gasteiger partial charge in [-0.25, -0.2) is 0 Å². The van der Waals surface area contributed by atoms with Crippen molar-refractivity contribution in [2.45, 2.75) is 40.2 Å². The third-order valence-electron chi connectivity index (χ3n) is 3.13. The molecule has 17 heavy (non-hydrogen) atoms. The van der Waals surface area contributed by atoms with E-state index in [-0.39, 0.29) is 0 Å². The van der Waals surface area contributed by atoms with Gasteiger partial charge in [-0.2, -0.15) is 0 Å². The van der Waals surface area contributed by atoms with E-state index in [4.69, 9.17) is 0 Å². The first kappa shape index (κ1) is 14.0. The third kappa shape index (κ3) is 4.78. The molecule has 1 unspecified atom stereocenters. The number of anilines is 1. The highest BCUT2D eigenvalue weighted by atomic mass is 15.1. The molecule has 1 rings (SSSR count). The van der Waals surface area contributed by atoms with Crippen LogP contribution in [0, 0.1) is 6.92 Å². The topological polar surface area (TPSA) is 15.3 Å². The molecule has 0 aromatic heterocycles. The zero-order valence-electron chi connectivity index (χ0n) is 11.7. The predicted octanol–water partition coefficient (Wildman–Crippen LogP) is 3.21. The minimum absolute atomic E-state index is 0.596. The quantitative estimate of drug-likeness (QED) is 0.779. The summed E-state index contributed by atoms with van der Waals surface area (Å²) in [6.07, 6.45) is 1.19. The lowest BCUT2D eigenvalue weighted by molar-refractivity contribution is 0.527. The Morgan fingerprint density at radius 2 is 2.06 bits per heavy atom. The summed E-state index contributed by atoms with van der Waals surface area (Å²) in [6.45, 7) is 12.0. The minimum atomic E-state index is 0.596. The van der Waals surface area contributed by atoms with Crippen molar-refractivity contribution >= 4 is 5.69 Å². The zero-order valence-corrected chi connectivity index (χ0v) is 11.7. The molecule has 0 spiro atoms. The van der Waals surface area contributed by atoms with Crippen molar-refractivity contribution in [3.63, 3.8) is 0 Å². The number of hydrogen-bond acceptors (Lipinski definition) is 2. The second-order valence-electron chi connectivity index (χ2n) is 4.67. The summed E-state index contributed by atoms with van der Waals surface area (Å²) in [7, 11) is 0. The lowest BCUT2D eigenvalue weighted by Crippen LogP contribution is -2.32. The molecule has 0 bridgehead atoms.